The van der Waals surface area contributed by atoms with Crippen LogP contribution in [-0.2, 0) is 0 Å². The van der Waals surface area contributed by atoms with Crippen LogP contribution in [0.5, 0.6) is 0 Å². The van der Waals surface area contributed by atoms with E-state index in [2.05, 4.69) is 52.5 Å². The highest BCUT2D eigenvalue weighted by Crippen LogP contribution is 2.23. The minimum Gasteiger partial charge on any atom is -0.385 e. The lowest BCUT2D eigenvalue weighted by Crippen LogP contribution is -1.95. The van der Waals surface area contributed by atoms with Gasteiger partial charge >= 0.3 is 0 Å². The Labute approximate surface area is 106 Å². The number of nitrogens with one attached hydrogen (secondary N) is 2. The van der Waals surface area contributed by atoms with E-state index in [0.29, 0.717) is 0 Å². The Balaban J connectivity index is 1.97. The molecular weight excluding hydrogens is 222 g/mol. The lowest BCUT2D eigenvalue weighted by atomic mass is 10.1. The summed E-state index contributed by atoms with van der Waals surface area (Å²) in [6, 6.07) is 12.6. The molecule has 3 heteroatoms. The molecule has 0 bridgehead atoms. The van der Waals surface area contributed by atoms with E-state index in [1.54, 1.807) is 0 Å². The first kappa shape index (κ1) is 10.8. The summed E-state index contributed by atoms with van der Waals surface area (Å²) < 4.78 is 0. The van der Waals surface area contributed by atoms with Crippen LogP contribution in [-0.4, -0.2) is 16.5 Å². The van der Waals surface area contributed by atoms with Gasteiger partial charge < -0.3 is 10.3 Å². The third-order valence-corrected chi connectivity index (χ3v) is 3.00. The van der Waals surface area contributed by atoms with Crippen LogP contribution < -0.4 is 5.32 Å². The quantitative estimate of drug-likeness (QED) is 0.729. The highest BCUT2D eigenvalue weighted by atomic mass is 14.8. The fourth-order valence-electron chi connectivity index (χ4n) is 2.08. The third-order valence-electron chi connectivity index (χ3n) is 3.00. The first-order chi connectivity index (χ1) is 8.86. The van der Waals surface area contributed by atoms with Crippen molar-refractivity contribution in [3.8, 4) is 11.1 Å². The molecule has 0 atom stereocenters. The Morgan fingerprint density at radius 3 is 2.72 bits per heavy atom. The molecule has 3 rings (SSSR count). The van der Waals surface area contributed by atoms with Gasteiger partial charge in [0.2, 0.25) is 0 Å². The zero-order valence-corrected chi connectivity index (χ0v) is 10.3. The molecule has 2 heterocycles. The minimum absolute atomic E-state index is 0.933. The molecule has 0 saturated heterocycles. The fourth-order valence-corrected chi connectivity index (χ4v) is 2.08. The van der Waals surface area contributed by atoms with Gasteiger partial charge in [0, 0.05) is 35.6 Å². The van der Waals surface area contributed by atoms with Crippen LogP contribution in [0.3, 0.4) is 0 Å². The van der Waals surface area contributed by atoms with Crippen molar-refractivity contribution in [1.29, 1.82) is 0 Å². The maximum Gasteiger partial charge on any atom is 0.137 e. The molecule has 3 aromatic rings. The zero-order chi connectivity index (χ0) is 12.4. The molecule has 0 radical (unpaired) electrons. The number of aromatic nitrogens is 2. The summed E-state index contributed by atoms with van der Waals surface area (Å²) in [5.74, 6) is 0. The molecule has 0 aliphatic heterocycles. The average molecular weight is 237 g/mol. The summed E-state index contributed by atoms with van der Waals surface area (Å²) in [5, 5.41) is 4.43. The predicted molar refractivity (Wildman–Crippen MR) is 75.7 cm³/mol. The van der Waals surface area contributed by atoms with Crippen molar-refractivity contribution in [3.63, 3.8) is 0 Å². The van der Waals surface area contributed by atoms with E-state index in [0.717, 1.165) is 28.8 Å². The van der Waals surface area contributed by atoms with Crippen LogP contribution >= 0.6 is 0 Å². The summed E-state index contributed by atoms with van der Waals surface area (Å²) in [7, 11) is 0. The number of rotatable bonds is 3. The molecule has 2 aromatic heterocycles. The van der Waals surface area contributed by atoms with Crippen LogP contribution in [0.4, 0.5) is 5.69 Å². The number of hydrogen-bond donors (Lipinski definition) is 2. The lowest BCUT2D eigenvalue weighted by molar-refractivity contribution is 1.21. The van der Waals surface area contributed by atoms with Gasteiger partial charge in [-0.05, 0) is 36.8 Å². The number of pyridine rings is 1. The molecule has 18 heavy (non-hydrogen) atoms. The normalized spacial score (nSPS) is 10.7. The van der Waals surface area contributed by atoms with E-state index in [-0.39, 0.29) is 0 Å². The molecule has 2 N–H and O–H groups in total. The van der Waals surface area contributed by atoms with Crippen molar-refractivity contribution >= 4 is 16.7 Å². The Hall–Kier alpha value is -2.29. The molecule has 0 aliphatic rings. The van der Waals surface area contributed by atoms with Gasteiger partial charge in [-0.3, -0.25) is 0 Å². The smallest absolute Gasteiger partial charge is 0.137 e. The second-order valence-electron chi connectivity index (χ2n) is 4.25. The molecule has 0 saturated carbocycles. The Morgan fingerprint density at radius 1 is 1.11 bits per heavy atom. The van der Waals surface area contributed by atoms with Crippen molar-refractivity contribution in [3.05, 3.63) is 48.8 Å². The van der Waals surface area contributed by atoms with Gasteiger partial charge in [0.25, 0.3) is 0 Å². The summed E-state index contributed by atoms with van der Waals surface area (Å²) in [6.07, 6.45) is 3.82. The van der Waals surface area contributed by atoms with Gasteiger partial charge in [0.05, 0.1) is 0 Å². The number of hydrogen-bond acceptors (Lipinski definition) is 2. The van der Waals surface area contributed by atoms with E-state index in [9.17, 15) is 0 Å². The van der Waals surface area contributed by atoms with E-state index in [4.69, 9.17) is 0 Å². The first-order valence-electron chi connectivity index (χ1n) is 6.14. The van der Waals surface area contributed by atoms with Crippen molar-refractivity contribution in [1.82, 2.24) is 9.97 Å². The average Bonchev–Trinajstić information content (AvgIpc) is 2.87. The van der Waals surface area contributed by atoms with E-state index < -0.39 is 0 Å². The number of anilines is 1. The topological polar surface area (TPSA) is 40.7 Å². The van der Waals surface area contributed by atoms with Crippen LogP contribution in [0.25, 0.3) is 22.2 Å². The predicted octanol–water partition coefficient (Wildman–Crippen LogP) is 3.66. The van der Waals surface area contributed by atoms with Gasteiger partial charge in [0.1, 0.15) is 5.65 Å². The van der Waals surface area contributed by atoms with E-state index in [1.807, 2.05) is 18.5 Å². The van der Waals surface area contributed by atoms with Crippen molar-refractivity contribution in [2.45, 2.75) is 6.92 Å². The summed E-state index contributed by atoms with van der Waals surface area (Å²) >= 11 is 0. The number of nitrogens with zero attached hydrogens (tertiary/aromatic N) is 1. The monoisotopic (exact) mass is 237 g/mol. The highest BCUT2D eigenvalue weighted by molar-refractivity contribution is 5.81. The van der Waals surface area contributed by atoms with Gasteiger partial charge in [-0.2, -0.15) is 0 Å². The van der Waals surface area contributed by atoms with Gasteiger partial charge in [-0.1, -0.05) is 12.1 Å². The maximum absolute atomic E-state index is 4.41. The molecule has 1 aromatic carbocycles. The van der Waals surface area contributed by atoms with Gasteiger partial charge in [-0.25, -0.2) is 4.98 Å². The number of H-pyrrole nitrogens is 1. The second kappa shape index (κ2) is 4.53. The van der Waals surface area contributed by atoms with E-state index in [1.165, 1.54) is 5.56 Å². The van der Waals surface area contributed by atoms with Gasteiger partial charge in [-0.15, -0.1) is 0 Å². The van der Waals surface area contributed by atoms with Crippen LogP contribution in [0.1, 0.15) is 6.92 Å². The molecule has 0 spiro atoms. The molecule has 0 fully saturated rings. The second-order valence-corrected chi connectivity index (χ2v) is 4.25. The first-order valence-corrected chi connectivity index (χ1v) is 6.14. The molecular formula is C15H15N3. The Bertz CT molecular complexity index is 653. The fraction of sp³-hybridized carbons (Fsp3) is 0.133. The molecule has 0 unspecified atom stereocenters. The van der Waals surface area contributed by atoms with Crippen LogP contribution in [0, 0.1) is 0 Å². The number of aromatic amines is 1. The summed E-state index contributed by atoms with van der Waals surface area (Å²) in [4.78, 5) is 7.51. The summed E-state index contributed by atoms with van der Waals surface area (Å²) in [5.41, 5.74) is 4.41. The molecule has 0 amide bonds. The standard InChI is InChI=1S/C15H15N3/c1-2-16-14-5-3-11(4-6-14)13-9-12-7-8-17-15(12)18-10-13/h3-10,16H,2H2,1H3,(H,17,18). The highest BCUT2D eigenvalue weighted by Gasteiger charge is 2.01. The Morgan fingerprint density at radius 2 is 1.94 bits per heavy atom. The van der Waals surface area contributed by atoms with Crippen molar-refractivity contribution < 1.29 is 0 Å². The molecule has 90 valence electrons. The van der Waals surface area contributed by atoms with E-state index >= 15 is 0 Å². The van der Waals surface area contributed by atoms with Crippen molar-refractivity contribution in [2.75, 3.05) is 11.9 Å². The van der Waals surface area contributed by atoms with Crippen LogP contribution in [0.2, 0.25) is 0 Å². The number of benzene rings is 1. The lowest BCUT2D eigenvalue weighted by Gasteiger charge is -2.05. The maximum atomic E-state index is 4.41. The van der Waals surface area contributed by atoms with Gasteiger partial charge in [0.15, 0.2) is 0 Å². The molecule has 3 nitrogen and oxygen atoms in total. The third kappa shape index (κ3) is 1.95. The Kier molecular flexibility index (Phi) is 2.73. The van der Waals surface area contributed by atoms with Crippen molar-refractivity contribution in [2.24, 2.45) is 0 Å². The summed E-state index contributed by atoms with van der Waals surface area (Å²) in [6.45, 7) is 3.04. The largest absolute Gasteiger partial charge is 0.385 e. The van der Waals surface area contributed by atoms with Crippen LogP contribution in [0.15, 0.2) is 48.8 Å². The molecule has 0 aliphatic carbocycles. The zero-order valence-electron chi connectivity index (χ0n) is 10.3. The number of fused-ring (bicyclic) bond motifs is 1. The SMILES string of the molecule is CCNc1ccc(-c2cnc3[nH]ccc3c2)cc1. The minimum atomic E-state index is 0.933.